The van der Waals surface area contributed by atoms with Crippen LogP contribution < -0.4 is 0 Å². The van der Waals surface area contributed by atoms with Gasteiger partial charge in [0, 0.05) is 5.54 Å². The lowest BCUT2D eigenvalue weighted by Gasteiger charge is -2.38. The molecule has 2 aromatic rings. The molecule has 1 fully saturated rings. The highest BCUT2D eigenvalue weighted by Crippen LogP contribution is 2.50. The van der Waals surface area contributed by atoms with Gasteiger partial charge in [-0.1, -0.05) is 48.5 Å². The van der Waals surface area contributed by atoms with Crippen molar-refractivity contribution in [2.24, 2.45) is 0 Å². The highest BCUT2D eigenvalue weighted by atomic mass is 16.5. The number of rotatable bonds is 4. The molecule has 1 radical (unpaired) electrons. The maximum absolute atomic E-state index is 13.3. The molecule has 0 spiro atoms. The zero-order valence-electron chi connectivity index (χ0n) is 14.2. The van der Waals surface area contributed by atoms with Gasteiger partial charge in [-0.2, -0.15) is 0 Å². The molecule has 3 rings (SSSR count). The van der Waals surface area contributed by atoms with Gasteiger partial charge in [0.25, 0.3) is 0 Å². The fourth-order valence-corrected chi connectivity index (χ4v) is 3.67. The van der Waals surface area contributed by atoms with Crippen molar-refractivity contribution in [1.29, 1.82) is 0 Å². The van der Waals surface area contributed by atoms with Crippen LogP contribution in [0.2, 0.25) is 0 Å². The standard InChI is InChI=1S/C20H24NO3/c1-19(2)11-12-20(21(19)24,17-7-3-15(13-22)4-8-17)18-9-5-16(14-23)6-10-18/h3-10,22-23H,11-14H2,1-2H3. The van der Waals surface area contributed by atoms with Gasteiger partial charge in [-0.3, -0.25) is 0 Å². The number of aliphatic hydroxyl groups is 2. The van der Waals surface area contributed by atoms with Gasteiger partial charge in [0.15, 0.2) is 0 Å². The van der Waals surface area contributed by atoms with E-state index in [1.54, 1.807) is 0 Å². The predicted octanol–water partition coefficient (Wildman–Crippen LogP) is 3.13. The topological polar surface area (TPSA) is 63.6 Å². The number of aliphatic hydroxyl groups excluding tert-OH is 2. The van der Waals surface area contributed by atoms with Crippen LogP contribution >= 0.6 is 0 Å². The van der Waals surface area contributed by atoms with Crippen molar-refractivity contribution in [2.45, 2.75) is 51.0 Å². The minimum atomic E-state index is -0.731. The van der Waals surface area contributed by atoms with Gasteiger partial charge in [-0.25, -0.2) is 0 Å². The summed E-state index contributed by atoms with van der Waals surface area (Å²) in [4.78, 5) is 0. The normalized spacial score (nSPS) is 19.5. The molecule has 0 unspecified atom stereocenters. The Morgan fingerprint density at radius 1 is 0.833 bits per heavy atom. The number of benzene rings is 2. The van der Waals surface area contributed by atoms with Crippen LogP contribution in [-0.4, -0.2) is 20.8 Å². The van der Waals surface area contributed by atoms with Crippen molar-refractivity contribution in [3.05, 3.63) is 70.8 Å². The van der Waals surface area contributed by atoms with Crippen molar-refractivity contribution >= 4 is 0 Å². The van der Waals surface area contributed by atoms with Crippen LogP contribution in [0.1, 0.15) is 48.9 Å². The second kappa shape index (κ2) is 6.30. The largest absolute Gasteiger partial charge is 0.392 e. The summed E-state index contributed by atoms with van der Waals surface area (Å²) in [5.74, 6) is 0. The molecule has 1 saturated heterocycles. The van der Waals surface area contributed by atoms with E-state index >= 15 is 0 Å². The summed E-state index contributed by atoms with van der Waals surface area (Å²) in [5, 5.41) is 33.0. The minimum absolute atomic E-state index is 0.00887. The Kier molecular flexibility index (Phi) is 4.49. The summed E-state index contributed by atoms with van der Waals surface area (Å²) in [6, 6.07) is 15.3. The lowest BCUT2D eigenvalue weighted by atomic mass is 9.81. The van der Waals surface area contributed by atoms with E-state index in [1.165, 1.54) is 5.06 Å². The lowest BCUT2D eigenvalue weighted by molar-refractivity contribution is -0.246. The zero-order valence-corrected chi connectivity index (χ0v) is 14.2. The quantitative estimate of drug-likeness (QED) is 0.907. The van der Waals surface area contributed by atoms with Gasteiger partial charge in [-0.05, 0) is 48.9 Å². The van der Waals surface area contributed by atoms with E-state index in [1.807, 2.05) is 62.4 Å². The average Bonchev–Trinajstić information content (AvgIpc) is 2.86. The monoisotopic (exact) mass is 326 g/mol. The zero-order chi connectivity index (χ0) is 17.4. The van der Waals surface area contributed by atoms with E-state index in [0.29, 0.717) is 0 Å². The summed E-state index contributed by atoms with van der Waals surface area (Å²) in [7, 11) is 0. The smallest absolute Gasteiger partial charge is 0.0997 e. The Morgan fingerprint density at radius 3 is 1.54 bits per heavy atom. The first kappa shape index (κ1) is 17.1. The van der Waals surface area contributed by atoms with Crippen LogP contribution in [0.25, 0.3) is 0 Å². The molecule has 0 amide bonds. The van der Waals surface area contributed by atoms with Gasteiger partial charge >= 0.3 is 0 Å². The first-order valence-corrected chi connectivity index (χ1v) is 8.32. The van der Waals surface area contributed by atoms with Gasteiger partial charge in [-0.15, -0.1) is 10.3 Å². The Bertz CT molecular complexity index is 644. The Morgan fingerprint density at radius 2 is 1.25 bits per heavy atom. The van der Waals surface area contributed by atoms with Crippen molar-refractivity contribution < 1.29 is 15.4 Å². The maximum atomic E-state index is 13.3. The van der Waals surface area contributed by atoms with E-state index < -0.39 is 11.1 Å². The Balaban J connectivity index is 2.13. The second-order valence-electron chi connectivity index (χ2n) is 7.18. The van der Waals surface area contributed by atoms with Crippen LogP contribution in [0.5, 0.6) is 0 Å². The van der Waals surface area contributed by atoms with Crippen LogP contribution in [-0.2, 0) is 24.0 Å². The summed E-state index contributed by atoms with van der Waals surface area (Å²) in [6.45, 7) is 3.94. The van der Waals surface area contributed by atoms with Crippen molar-refractivity contribution in [3.8, 4) is 0 Å². The number of hydrogen-bond acceptors (Lipinski definition) is 3. The lowest BCUT2D eigenvalue weighted by Crippen LogP contribution is -2.47. The van der Waals surface area contributed by atoms with E-state index in [0.717, 1.165) is 35.1 Å². The molecule has 0 aromatic heterocycles. The van der Waals surface area contributed by atoms with Crippen molar-refractivity contribution in [3.63, 3.8) is 0 Å². The molecule has 2 aromatic carbocycles. The van der Waals surface area contributed by atoms with Crippen molar-refractivity contribution in [2.75, 3.05) is 0 Å². The SMILES string of the molecule is CC1(C)CCC(c2ccc(CO)cc2)(c2ccc(CO)cc2)N1[O]. The first-order chi connectivity index (χ1) is 11.4. The summed E-state index contributed by atoms with van der Waals surface area (Å²) < 4.78 is 0. The van der Waals surface area contributed by atoms with Gasteiger partial charge in [0.2, 0.25) is 0 Å². The molecule has 1 aliphatic rings. The van der Waals surface area contributed by atoms with E-state index in [2.05, 4.69) is 0 Å². The molecule has 4 nitrogen and oxygen atoms in total. The molecule has 0 atom stereocenters. The van der Waals surface area contributed by atoms with Crippen LogP contribution in [0, 0.1) is 0 Å². The molecular formula is C20H24NO3. The second-order valence-corrected chi connectivity index (χ2v) is 7.18. The summed E-state index contributed by atoms with van der Waals surface area (Å²) in [6.07, 6.45) is 1.54. The number of nitrogens with zero attached hydrogens (tertiary/aromatic N) is 1. The van der Waals surface area contributed by atoms with Crippen LogP contribution in [0.4, 0.5) is 0 Å². The Hall–Kier alpha value is -1.72. The third-order valence-electron chi connectivity index (χ3n) is 5.22. The minimum Gasteiger partial charge on any atom is -0.392 e. The highest BCUT2D eigenvalue weighted by Gasteiger charge is 2.53. The summed E-state index contributed by atoms with van der Waals surface area (Å²) in [5.41, 5.74) is 2.38. The molecule has 0 saturated carbocycles. The fourth-order valence-electron chi connectivity index (χ4n) is 3.67. The first-order valence-electron chi connectivity index (χ1n) is 8.32. The molecule has 24 heavy (non-hydrogen) atoms. The summed E-state index contributed by atoms with van der Waals surface area (Å²) >= 11 is 0. The third kappa shape index (κ3) is 2.66. The molecule has 1 heterocycles. The predicted molar refractivity (Wildman–Crippen MR) is 91.3 cm³/mol. The van der Waals surface area contributed by atoms with E-state index in [4.69, 9.17) is 0 Å². The highest BCUT2D eigenvalue weighted by molar-refractivity contribution is 5.42. The van der Waals surface area contributed by atoms with Crippen LogP contribution in [0.15, 0.2) is 48.5 Å². The molecular weight excluding hydrogens is 302 g/mol. The average molecular weight is 326 g/mol. The van der Waals surface area contributed by atoms with Crippen LogP contribution in [0.3, 0.4) is 0 Å². The molecule has 1 aliphatic heterocycles. The maximum Gasteiger partial charge on any atom is 0.0997 e. The number of hydrogen-bond donors (Lipinski definition) is 2. The van der Waals surface area contributed by atoms with E-state index in [9.17, 15) is 15.4 Å². The van der Waals surface area contributed by atoms with Gasteiger partial charge in [0.05, 0.1) is 18.8 Å². The van der Waals surface area contributed by atoms with Gasteiger partial charge < -0.3 is 10.2 Å². The third-order valence-corrected chi connectivity index (χ3v) is 5.22. The molecule has 2 N–H and O–H groups in total. The molecule has 0 aliphatic carbocycles. The van der Waals surface area contributed by atoms with E-state index in [-0.39, 0.29) is 13.2 Å². The number of hydroxylamine groups is 2. The van der Waals surface area contributed by atoms with Crippen molar-refractivity contribution in [1.82, 2.24) is 5.06 Å². The fraction of sp³-hybridized carbons (Fsp3) is 0.400. The molecule has 0 bridgehead atoms. The molecule has 127 valence electrons. The van der Waals surface area contributed by atoms with Gasteiger partial charge in [0.1, 0.15) is 0 Å². The molecule has 4 heteroatoms. The Labute approximate surface area is 142 Å².